The molecule has 0 atom stereocenters. The van der Waals surface area contributed by atoms with E-state index in [0.717, 1.165) is 0 Å². The summed E-state index contributed by atoms with van der Waals surface area (Å²) in [5, 5.41) is 0. The summed E-state index contributed by atoms with van der Waals surface area (Å²) in [6.07, 6.45) is 1.87. The average molecular weight is 196 g/mol. The van der Waals surface area contributed by atoms with E-state index in [4.69, 9.17) is 15.2 Å². The van der Waals surface area contributed by atoms with E-state index in [1.165, 1.54) is 0 Å². The van der Waals surface area contributed by atoms with Crippen LogP contribution in [0.1, 0.15) is 13.8 Å². The molecule has 0 aromatic carbocycles. The highest BCUT2D eigenvalue weighted by Crippen LogP contribution is 2.15. The van der Waals surface area contributed by atoms with Crippen molar-refractivity contribution in [2.75, 3.05) is 18.9 Å². The number of hydrogen-bond donors (Lipinski definition) is 1. The minimum Gasteiger partial charge on any atom is -0.474 e. The summed E-state index contributed by atoms with van der Waals surface area (Å²) >= 11 is 0. The zero-order valence-corrected chi connectivity index (χ0v) is 8.56. The van der Waals surface area contributed by atoms with Crippen molar-refractivity contribution in [1.29, 1.82) is 0 Å². The van der Waals surface area contributed by atoms with Gasteiger partial charge in [0.15, 0.2) is 0 Å². The molecule has 0 spiro atoms. The van der Waals surface area contributed by atoms with Crippen molar-refractivity contribution in [2.24, 2.45) is 0 Å². The molecule has 1 rings (SSSR count). The Morgan fingerprint density at radius 3 is 2.86 bits per heavy atom. The Hall–Kier alpha value is -1.29. The third-order valence-corrected chi connectivity index (χ3v) is 1.57. The standard InChI is InChI=1S/C10H16N2O2/c1-8(2)13-6-7-14-10-9(11)4-3-5-12-10/h3-5,8H,6-7,11H2,1-2H3. The fourth-order valence-electron chi connectivity index (χ4n) is 0.946. The van der Waals surface area contributed by atoms with Gasteiger partial charge in [0.2, 0.25) is 5.88 Å². The van der Waals surface area contributed by atoms with Crippen LogP contribution in [0.2, 0.25) is 0 Å². The van der Waals surface area contributed by atoms with Crippen molar-refractivity contribution < 1.29 is 9.47 Å². The normalized spacial score (nSPS) is 10.5. The first kappa shape index (κ1) is 10.8. The summed E-state index contributed by atoms with van der Waals surface area (Å²) in [5.41, 5.74) is 6.19. The minimum absolute atomic E-state index is 0.222. The zero-order valence-electron chi connectivity index (χ0n) is 8.56. The SMILES string of the molecule is CC(C)OCCOc1ncccc1N. The largest absolute Gasteiger partial charge is 0.474 e. The monoisotopic (exact) mass is 196 g/mol. The van der Waals surface area contributed by atoms with Crippen molar-refractivity contribution in [3.8, 4) is 5.88 Å². The number of pyridine rings is 1. The van der Waals surface area contributed by atoms with E-state index in [1.54, 1.807) is 18.3 Å². The maximum atomic E-state index is 5.63. The van der Waals surface area contributed by atoms with Crippen LogP contribution in [0.25, 0.3) is 0 Å². The van der Waals surface area contributed by atoms with Crippen LogP contribution in [0.3, 0.4) is 0 Å². The number of hydrogen-bond acceptors (Lipinski definition) is 4. The van der Waals surface area contributed by atoms with Crippen LogP contribution in [-0.4, -0.2) is 24.3 Å². The Kier molecular flexibility index (Phi) is 4.19. The summed E-state index contributed by atoms with van der Waals surface area (Å²) in [7, 11) is 0. The predicted molar refractivity (Wildman–Crippen MR) is 55.2 cm³/mol. The van der Waals surface area contributed by atoms with Gasteiger partial charge in [0.1, 0.15) is 6.61 Å². The summed E-state index contributed by atoms with van der Waals surface area (Å²) in [4.78, 5) is 3.99. The van der Waals surface area contributed by atoms with Gasteiger partial charge in [-0.2, -0.15) is 0 Å². The van der Waals surface area contributed by atoms with E-state index in [-0.39, 0.29) is 6.10 Å². The molecule has 1 heterocycles. The van der Waals surface area contributed by atoms with Gasteiger partial charge in [0, 0.05) is 6.20 Å². The highest BCUT2D eigenvalue weighted by atomic mass is 16.5. The van der Waals surface area contributed by atoms with E-state index >= 15 is 0 Å². The van der Waals surface area contributed by atoms with Crippen LogP contribution in [0.15, 0.2) is 18.3 Å². The van der Waals surface area contributed by atoms with Crippen LogP contribution >= 0.6 is 0 Å². The van der Waals surface area contributed by atoms with Crippen molar-refractivity contribution >= 4 is 5.69 Å². The summed E-state index contributed by atoms with van der Waals surface area (Å²) in [5.74, 6) is 0.472. The van der Waals surface area contributed by atoms with E-state index in [2.05, 4.69) is 4.98 Å². The number of anilines is 1. The van der Waals surface area contributed by atoms with Crippen molar-refractivity contribution in [2.45, 2.75) is 20.0 Å². The molecule has 0 radical (unpaired) electrons. The van der Waals surface area contributed by atoms with Crippen LogP contribution in [-0.2, 0) is 4.74 Å². The molecule has 78 valence electrons. The maximum Gasteiger partial charge on any atom is 0.237 e. The van der Waals surface area contributed by atoms with E-state index in [0.29, 0.717) is 24.8 Å². The highest BCUT2D eigenvalue weighted by molar-refractivity contribution is 5.46. The van der Waals surface area contributed by atoms with Gasteiger partial charge in [-0.1, -0.05) is 0 Å². The summed E-state index contributed by atoms with van der Waals surface area (Å²) in [6.45, 7) is 4.98. The maximum absolute atomic E-state index is 5.63. The molecule has 0 aliphatic carbocycles. The first-order valence-electron chi connectivity index (χ1n) is 4.65. The molecule has 0 unspecified atom stereocenters. The molecule has 0 saturated heterocycles. The first-order valence-corrected chi connectivity index (χ1v) is 4.65. The second-order valence-electron chi connectivity index (χ2n) is 3.17. The lowest BCUT2D eigenvalue weighted by Crippen LogP contribution is -2.12. The van der Waals surface area contributed by atoms with E-state index < -0.39 is 0 Å². The van der Waals surface area contributed by atoms with Gasteiger partial charge in [-0.25, -0.2) is 4.98 Å². The van der Waals surface area contributed by atoms with Gasteiger partial charge in [-0.05, 0) is 26.0 Å². The van der Waals surface area contributed by atoms with Crippen molar-refractivity contribution in [1.82, 2.24) is 4.98 Å². The Balaban J connectivity index is 2.28. The predicted octanol–water partition coefficient (Wildman–Crippen LogP) is 1.47. The molecule has 0 fully saturated rings. The van der Waals surface area contributed by atoms with Gasteiger partial charge >= 0.3 is 0 Å². The Morgan fingerprint density at radius 1 is 1.43 bits per heavy atom. The van der Waals surface area contributed by atoms with E-state index in [9.17, 15) is 0 Å². The van der Waals surface area contributed by atoms with Crippen molar-refractivity contribution in [3.63, 3.8) is 0 Å². The Labute approximate surface area is 84.0 Å². The lowest BCUT2D eigenvalue weighted by molar-refractivity contribution is 0.0544. The highest BCUT2D eigenvalue weighted by Gasteiger charge is 2.00. The van der Waals surface area contributed by atoms with Crippen LogP contribution < -0.4 is 10.5 Å². The smallest absolute Gasteiger partial charge is 0.237 e. The van der Waals surface area contributed by atoms with Gasteiger partial charge in [0.25, 0.3) is 0 Å². The van der Waals surface area contributed by atoms with Crippen LogP contribution in [0.4, 0.5) is 5.69 Å². The van der Waals surface area contributed by atoms with Gasteiger partial charge < -0.3 is 15.2 Å². The number of nitrogen functional groups attached to an aromatic ring is 1. The van der Waals surface area contributed by atoms with Crippen molar-refractivity contribution in [3.05, 3.63) is 18.3 Å². The van der Waals surface area contributed by atoms with Gasteiger partial charge in [-0.3, -0.25) is 0 Å². The topological polar surface area (TPSA) is 57.4 Å². The second kappa shape index (κ2) is 5.44. The van der Waals surface area contributed by atoms with Gasteiger partial charge in [0.05, 0.1) is 18.4 Å². The fraction of sp³-hybridized carbons (Fsp3) is 0.500. The molecule has 0 amide bonds. The van der Waals surface area contributed by atoms with Crippen LogP contribution in [0, 0.1) is 0 Å². The number of nitrogens with zero attached hydrogens (tertiary/aromatic N) is 1. The third-order valence-electron chi connectivity index (χ3n) is 1.57. The summed E-state index contributed by atoms with van der Waals surface area (Å²) in [6, 6.07) is 3.53. The molecule has 4 heteroatoms. The lowest BCUT2D eigenvalue weighted by Gasteiger charge is -2.09. The van der Waals surface area contributed by atoms with Crippen LogP contribution in [0.5, 0.6) is 5.88 Å². The second-order valence-corrected chi connectivity index (χ2v) is 3.17. The molecule has 2 N–H and O–H groups in total. The average Bonchev–Trinajstić information content (AvgIpc) is 2.15. The molecule has 1 aromatic rings. The first-order chi connectivity index (χ1) is 6.70. The number of ether oxygens (including phenoxy) is 2. The molecule has 0 aliphatic rings. The third kappa shape index (κ3) is 3.62. The molecule has 0 aliphatic heterocycles. The number of aromatic nitrogens is 1. The molecular weight excluding hydrogens is 180 g/mol. The van der Waals surface area contributed by atoms with Gasteiger partial charge in [-0.15, -0.1) is 0 Å². The molecule has 1 aromatic heterocycles. The number of rotatable bonds is 5. The number of nitrogens with two attached hydrogens (primary N) is 1. The zero-order chi connectivity index (χ0) is 10.4. The molecule has 0 bridgehead atoms. The molecule has 0 saturated carbocycles. The quantitative estimate of drug-likeness (QED) is 0.724. The lowest BCUT2D eigenvalue weighted by atomic mass is 10.4. The Morgan fingerprint density at radius 2 is 2.21 bits per heavy atom. The molecule has 4 nitrogen and oxygen atoms in total. The fourth-order valence-corrected chi connectivity index (χ4v) is 0.946. The molecular formula is C10H16N2O2. The summed E-state index contributed by atoms with van der Waals surface area (Å²) < 4.78 is 10.6. The Bertz CT molecular complexity index is 277. The molecule has 14 heavy (non-hydrogen) atoms. The minimum atomic E-state index is 0.222. The van der Waals surface area contributed by atoms with E-state index in [1.807, 2.05) is 13.8 Å².